The third-order valence-electron chi connectivity index (χ3n) is 2.97. The zero-order valence-corrected chi connectivity index (χ0v) is 13.6. The van der Waals surface area contributed by atoms with Gasteiger partial charge >= 0.3 is 0 Å². The summed E-state index contributed by atoms with van der Waals surface area (Å²) >= 11 is 2.29. The fourth-order valence-corrected chi connectivity index (χ4v) is 2.26. The molecular formula is C16H18INO2. The van der Waals surface area contributed by atoms with E-state index in [9.17, 15) is 0 Å². The third-order valence-corrected chi connectivity index (χ3v) is 3.69. The first kappa shape index (κ1) is 15.1. The number of halogens is 1. The van der Waals surface area contributed by atoms with Gasteiger partial charge in [-0.3, -0.25) is 0 Å². The second kappa shape index (κ2) is 7.50. The molecule has 2 rings (SSSR count). The minimum Gasteiger partial charge on any atom is -0.493 e. The van der Waals surface area contributed by atoms with Gasteiger partial charge < -0.3 is 15.2 Å². The highest BCUT2D eigenvalue weighted by atomic mass is 127. The van der Waals surface area contributed by atoms with Crippen LogP contribution in [0.2, 0.25) is 0 Å². The lowest BCUT2D eigenvalue weighted by Crippen LogP contribution is -2.04. The van der Waals surface area contributed by atoms with Gasteiger partial charge in [0.2, 0.25) is 0 Å². The fourth-order valence-electron chi connectivity index (χ4n) is 1.90. The molecule has 0 fully saturated rings. The zero-order valence-electron chi connectivity index (χ0n) is 11.4. The molecule has 0 saturated heterocycles. The minimum absolute atomic E-state index is 0.527. The summed E-state index contributed by atoms with van der Waals surface area (Å²) in [5, 5.41) is 0. The summed E-state index contributed by atoms with van der Waals surface area (Å²) in [6, 6.07) is 14.2. The molecule has 106 valence electrons. The summed E-state index contributed by atoms with van der Waals surface area (Å²) in [5.74, 6) is 1.51. The van der Waals surface area contributed by atoms with Crippen molar-refractivity contribution in [3.63, 3.8) is 0 Å². The molecule has 0 aliphatic carbocycles. The highest BCUT2D eigenvalue weighted by Crippen LogP contribution is 2.29. The van der Waals surface area contributed by atoms with Crippen LogP contribution < -0.4 is 15.2 Å². The monoisotopic (exact) mass is 383 g/mol. The van der Waals surface area contributed by atoms with Gasteiger partial charge in [-0.25, -0.2) is 0 Å². The van der Waals surface area contributed by atoms with E-state index in [0.29, 0.717) is 13.2 Å². The predicted molar refractivity (Wildman–Crippen MR) is 89.2 cm³/mol. The number of hydrogen-bond acceptors (Lipinski definition) is 3. The van der Waals surface area contributed by atoms with Crippen molar-refractivity contribution in [3.8, 4) is 11.5 Å². The van der Waals surface area contributed by atoms with Crippen LogP contribution in [0.3, 0.4) is 0 Å². The van der Waals surface area contributed by atoms with Crippen LogP contribution in [0.5, 0.6) is 11.5 Å². The van der Waals surface area contributed by atoms with Crippen molar-refractivity contribution in [1.82, 2.24) is 0 Å². The van der Waals surface area contributed by atoms with E-state index < -0.39 is 0 Å². The van der Waals surface area contributed by atoms with Gasteiger partial charge in [-0.05, 0) is 70.9 Å². The molecule has 0 radical (unpaired) electrons. The SMILES string of the molecule is COc1ccc(CCN)cc1OCc1ccc(I)cc1. The third kappa shape index (κ3) is 4.11. The molecule has 0 heterocycles. The van der Waals surface area contributed by atoms with Crippen molar-refractivity contribution in [2.75, 3.05) is 13.7 Å². The lowest BCUT2D eigenvalue weighted by atomic mass is 10.1. The first-order chi connectivity index (χ1) is 9.72. The van der Waals surface area contributed by atoms with Gasteiger partial charge in [-0.15, -0.1) is 0 Å². The number of methoxy groups -OCH3 is 1. The van der Waals surface area contributed by atoms with Gasteiger partial charge in [0.15, 0.2) is 11.5 Å². The van der Waals surface area contributed by atoms with Crippen molar-refractivity contribution in [3.05, 3.63) is 57.2 Å². The Bertz CT molecular complexity index is 555. The Morgan fingerprint density at radius 1 is 1.00 bits per heavy atom. The van der Waals surface area contributed by atoms with E-state index in [1.807, 2.05) is 18.2 Å². The Balaban J connectivity index is 2.10. The summed E-state index contributed by atoms with van der Waals surface area (Å²) in [7, 11) is 1.65. The number of ether oxygens (including phenoxy) is 2. The largest absolute Gasteiger partial charge is 0.493 e. The maximum Gasteiger partial charge on any atom is 0.161 e. The van der Waals surface area contributed by atoms with E-state index in [2.05, 4.69) is 46.9 Å². The normalized spacial score (nSPS) is 10.3. The van der Waals surface area contributed by atoms with Crippen LogP contribution >= 0.6 is 22.6 Å². The highest BCUT2D eigenvalue weighted by molar-refractivity contribution is 14.1. The van der Waals surface area contributed by atoms with Gasteiger partial charge in [0.05, 0.1) is 7.11 Å². The fraction of sp³-hybridized carbons (Fsp3) is 0.250. The summed E-state index contributed by atoms with van der Waals surface area (Å²) in [4.78, 5) is 0. The number of hydrogen-bond donors (Lipinski definition) is 1. The van der Waals surface area contributed by atoms with E-state index in [4.69, 9.17) is 15.2 Å². The second-order valence-corrected chi connectivity index (χ2v) is 5.68. The topological polar surface area (TPSA) is 44.5 Å². The molecule has 0 amide bonds. The molecule has 2 N–H and O–H groups in total. The van der Waals surface area contributed by atoms with E-state index in [0.717, 1.165) is 29.0 Å². The predicted octanol–water partition coefficient (Wildman–Crippen LogP) is 3.38. The molecule has 0 aliphatic rings. The van der Waals surface area contributed by atoms with Crippen LogP contribution in [0.1, 0.15) is 11.1 Å². The molecule has 0 saturated carbocycles. The molecule has 2 aromatic carbocycles. The van der Waals surface area contributed by atoms with Crippen LogP contribution in [-0.4, -0.2) is 13.7 Å². The maximum absolute atomic E-state index is 5.87. The Morgan fingerprint density at radius 2 is 1.70 bits per heavy atom. The zero-order chi connectivity index (χ0) is 14.4. The Hall–Kier alpha value is -1.27. The minimum atomic E-state index is 0.527. The lowest BCUT2D eigenvalue weighted by Gasteiger charge is -2.12. The van der Waals surface area contributed by atoms with Crippen LogP contribution in [-0.2, 0) is 13.0 Å². The average molecular weight is 383 g/mol. The molecule has 0 spiro atoms. The highest BCUT2D eigenvalue weighted by Gasteiger charge is 2.06. The quantitative estimate of drug-likeness (QED) is 0.778. The van der Waals surface area contributed by atoms with Crippen LogP contribution in [0.4, 0.5) is 0 Å². The molecule has 3 nitrogen and oxygen atoms in total. The van der Waals surface area contributed by atoms with E-state index in [1.54, 1.807) is 7.11 Å². The van der Waals surface area contributed by atoms with Crippen LogP contribution in [0.25, 0.3) is 0 Å². The Kier molecular flexibility index (Phi) is 5.67. The Morgan fingerprint density at radius 3 is 2.35 bits per heavy atom. The van der Waals surface area contributed by atoms with Crippen molar-refractivity contribution < 1.29 is 9.47 Å². The van der Waals surface area contributed by atoms with Crippen molar-refractivity contribution >= 4 is 22.6 Å². The molecule has 4 heteroatoms. The second-order valence-electron chi connectivity index (χ2n) is 4.44. The van der Waals surface area contributed by atoms with Crippen molar-refractivity contribution in [1.29, 1.82) is 0 Å². The molecular weight excluding hydrogens is 365 g/mol. The average Bonchev–Trinajstić information content (AvgIpc) is 2.47. The van der Waals surface area contributed by atoms with Crippen LogP contribution in [0.15, 0.2) is 42.5 Å². The Labute approximate surface area is 133 Å². The standard InChI is InChI=1S/C16H18INO2/c1-19-15-7-4-12(8-9-18)10-16(15)20-11-13-2-5-14(17)6-3-13/h2-7,10H,8-9,11,18H2,1H3. The molecule has 0 atom stereocenters. The number of benzene rings is 2. The lowest BCUT2D eigenvalue weighted by molar-refractivity contribution is 0.284. The van der Waals surface area contributed by atoms with Crippen LogP contribution in [0, 0.1) is 3.57 Å². The van der Waals surface area contributed by atoms with Gasteiger partial charge in [-0.2, -0.15) is 0 Å². The van der Waals surface area contributed by atoms with E-state index in [-0.39, 0.29) is 0 Å². The molecule has 20 heavy (non-hydrogen) atoms. The maximum atomic E-state index is 5.87. The molecule has 0 aliphatic heterocycles. The van der Waals surface area contributed by atoms with Gasteiger partial charge in [0, 0.05) is 3.57 Å². The molecule has 0 bridgehead atoms. The van der Waals surface area contributed by atoms with Gasteiger partial charge in [0.1, 0.15) is 6.61 Å². The summed E-state index contributed by atoms with van der Waals surface area (Å²) < 4.78 is 12.4. The summed E-state index contributed by atoms with van der Waals surface area (Å²) in [6.45, 7) is 1.16. The number of nitrogens with two attached hydrogens (primary N) is 1. The smallest absolute Gasteiger partial charge is 0.161 e. The molecule has 2 aromatic rings. The van der Waals surface area contributed by atoms with E-state index >= 15 is 0 Å². The van der Waals surface area contributed by atoms with Crippen molar-refractivity contribution in [2.45, 2.75) is 13.0 Å². The summed E-state index contributed by atoms with van der Waals surface area (Å²) in [6.07, 6.45) is 0.837. The van der Waals surface area contributed by atoms with E-state index in [1.165, 1.54) is 3.57 Å². The van der Waals surface area contributed by atoms with Crippen molar-refractivity contribution in [2.24, 2.45) is 5.73 Å². The first-order valence-corrected chi connectivity index (χ1v) is 7.55. The van der Waals surface area contributed by atoms with Gasteiger partial charge in [0.25, 0.3) is 0 Å². The van der Waals surface area contributed by atoms with Gasteiger partial charge in [-0.1, -0.05) is 18.2 Å². The first-order valence-electron chi connectivity index (χ1n) is 6.47. The summed E-state index contributed by atoms with van der Waals surface area (Å²) in [5.41, 5.74) is 7.88. The molecule has 0 unspecified atom stereocenters. The number of rotatable bonds is 6. The molecule has 0 aromatic heterocycles.